The second kappa shape index (κ2) is 6.05. The van der Waals surface area contributed by atoms with E-state index in [1.807, 2.05) is 6.92 Å². The van der Waals surface area contributed by atoms with E-state index < -0.39 is 5.97 Å². The Balaban J connectivity index is 2.20. The maximum atomic E-state index is 10.8. The molecule has 0 amide bonds. The molecular weight excluding hydrogens is 198 g/mol. The molecule has 0 saturated carbocycles. The van der Waals surface area contributed by atoms with Gasteiger partial charge in [0.25, 0.3) is 0 Å². The van der Waals surface area contributed by atoms with Crippen LogP contribution in [0.3, 0.4) is 0 Å². The first-order valence-corrected chi connectivity index (χ1v) is 5.29. The highest BCUT2D eigenvalue weighted by Gasteiger charge is 2.34. The van der Waals surface area contributed by atoms with Crippen LogP contribution in [0.1, 0.15) is 6.92 Å². The van der Waals surface area contributed by atoms with E-state index in [4.69, 9.17) is 14.9 Å². The van der Waals surface area contributed by atoms with Crippen LogP contribution >= 0.6 is 0 Å². The van der Waals surface area contributed by atoms with E-state index >= 15 is 0 Å². The highest BCUT2D eigenvalue weighted by molar-refractivity contribution is 5.71. The summed E-state index contributed by atoms with van der Waals surface area (Å²) in [6.07, 6.45) is 0. The van der Waals surface area contributed by atoms with Crippen molar-refractivity contribution in [2.45, 2.75) is 6.92 Å². The number of hydrogen-bond donors (Lipinski definition) is 2. The van der Waals surface area contributed by atoms with Gasteiger partial charge in [0, 0.05) is 19.6 Å². The van der Waals surface area contributed by atoms with Crippen molar-refractivity contribution in [3.05, 3.63) is 0 Å². The number of carbonyl (C=O) groups is 1. The molecule has 2 atom stereocenters. The summed E-state index contributed by atoms with van der Waals surface area (Å²) in [5.41, 5.74) is 0. The molecule has 1 aliphatic heterocycles. The van der Waals surface area contributed by atoms with Crippen LogP contribution in [0.25, 0.3) is 0 Å². The van der Waals surface area contributed by atoms with Crippen molar-refractivity contribution in [1.82, 2.24) is 4.90 Å². The molecule has 5 heteroatoms. The van der Waals surface area contributed by atoms with Crippen LogP contribution < -0.4 is 0 Å². The monoisotopic (exact) mass is 217 g/mol. The van der Waals surface area contributed by atoms with Crippen molar-refractivity contribution in [2.24, 2.45) is 11.8 Å². The molecule has 1 aliphatic rings. The van der Waals surface area contributed by atoms with Crippen LogP contribution in [-0.4, -0.2) is 60.5 Å². The van der Waals surface area contributed by atoms with Crippen LogP contribution in [0.2, 0.25) is 0 Å². The average molecular weight is 217 g/mol. The fourth-order valence-electron chi connectivity index (χ4n) is 1.93. The number of carboxylic acid groups (broad SMARTS) is 1. The number of carboxylic acids is 1. The second-order valence-corrected chi connectivity index (χ2v) is 4.02. The molecule has 0 aliphatic carbocycles. The van der Waals surface area contributed by atoms with Crippen molar-refractivity contribution < 1.29 is 19.7 Å². The quantitative estimate of drug-likeness (QED) is 0.595. The Morgan fingerprint density at radius 2 is 2.20 bits per heavy atom. The predicted octanol–water partition coefficient (Wildman–Crippen LogP) is -0.352. The minimum atomic E-state index is -0.707. The van der Waals surface area contributed by atoms with Crippen LogP contribution in [0, 0.1) is 11.8 Å². The van der Waals surface area contributed by atoms with Gasteiger partial charge in [-0.25, -0.2) is 0 Å². The Hall–Kier alpha value is -0.650. The van der Waals surface area contributed by atoms with Crippen LogP contribution in [0.5, 0.6) is 0 Å². The van der Waals surface area contributed by atoms with E-state index in [1.165, 1.54) is 0 Å². The van der Waals surface area contributed by atoms with Crippen molar-refractivity contribution >= 4 is 5.97 Å². The number of likely N-dealkylation sites (tertiary alicyclic amines) is 1. The van der Waals surface area contributed by atoms with Gasteiger partial charge in [0.2, 0.25) is 0 Å². The summed E-state index contributed by atoms with van der Waals surface area (Å²) in [6, 6.07) is 0. The molecule has 1 fully saturated rings. The molecule has 0 bridgehead atoms. The zero-order valence-corrected chi connectivity index (χ0v) is 9.06. The summed E-state index contributed by atoms with van der Waals surface area (Å²) in [5.74, 6) is -0.746. The standard InChI is InChI=1S/C10H19NO4/c1-8-6-11(2-4-15-5-3-12)7-9(8)10(13)14/h8-9,12H,2-7H2,1H3,(H,13,14)/t8-,9-/m1/s1. The first kappa shape index (κ1) is 12.4. The lowest BCUT2D eigenvalue weighted by molar-refractivity contribution is -0.142. The van der Waals surface area contributed by atoms with Crippen molar-refractivity contribution in [3.8, 4) is 0 Å². The average Bonchev–Trinajstić information content (AvgIpc) is 2.55. The number of aliphatic hydroxyl groups excluding tert-OH is 1. The van der Waals surface area contributed by atoms with E-state index in [-0.39, 0.29) is 18.4 Å². The first-order chi connectivity index (χ1) is 7.15. The van der Waals surface area contributed by atoms with Crippen LogP contribution in [0.15, 0.2) is 0 Å². The number of ether oxygens (including phenoxy) is 1. The molecule has 2 N–H and O–H groups in total. The van der Waals surface area contributed by atoms with Gasteiger partial charge in [-0.05, 0) is 5.92 Å². The highest BCUT2D eigenvalue weighted by Crippen LogP contribution is 2.22. The van der Waals surface area contributed by atoms with Crippen molar-refractivity contribution in [3.63, 3.8) is 0 Å². The zero-order valence-electron chi connectivity index (χ0n) is 9.06. The molecule has 0 aromatic heterocycles. The molecule has 88 valence electrons. The van der Waals surface area contributed by atoms with Gasteiger partial charge in [0.15, 0.2) is 0 Å². The number of aliphatic hydroxyl groups is 1. The minimum absolute atomic E-state index is 0.0359. The summed E-state index contributed by atoms with van der Waals surface area (Å²) in [6.45, 7) is 5.08. The van der Waals surface area contributed by atoms with Gasteiger partial charge in [-0.1, -0.05) is 6.92 Å². The van der Waals surface area contributed by atoms with Gasteiger partial charge in [0.05, 0.1) is 25.7 Å². The van der Waals surface area contributed by atoms with Crippen molar-refractivity contribution in [1.29, 1.82) is 0 Å². The molecule has 15 heavy (non-hydrogen) atoms. The largest absolute Gasteiger partial charge is 0.481 e. The summed E-state index contributed by atoms with van der Waals surface area (Å²) in [7, 11) is 0. The molecule has 1 saturated heterocycles. The number of aliphatic carboxylic acids is 1. The Morgan fingerprint density at radius 3 is 2.73 bits per heavy atom. The number of nitrogens with zero attached hydrogens (tertiary/aromatic N) is 1. The second-order valence-electron chi connectivity index (χ2n) is 4.02. The van der Waals surface area contributed by atoms with Gasteiger partial charge in [0.1, 0.15) is 0 Å². The van der Waals surface area contributed by atoms with E-state index in [2.05, 4.69) is 4.90 Å². The normalized spacial score (nSPS) is 27.1. The zero-order chi connectivity index (χ0) is 11.3. The Bertz CT molecular complexity index is 210. The molecule has 0 unspecified atom stereocenters. The Morgan fingerprint density at radius 1 is 1.47 bits per heavy atom. The van der Waals surface area contributed by atoms with Crippen molar-refractivity contribution in [2.75, 3.05) is 39.5 Å². The van der Waals surface area contributed by atoms with Crippen LogP contribution in [0.4, 0.5) is 0 Å². The van der Waals surface area contributed by atoms with E-state index in [9.17, 15) is 4.79 Å². The summed E-state index contributed by atoms with van der Waals surface area (Å²) >= 11 is 0. The lowest BCUT2D eigenvalue weighted by atomic mass is 9.99. The fourth-order valence-corrected chi connectivity index (χ4v) is 1.93. The molecular formula is C10H19NO4. The van der Waals surface area contributed by atoms with E-state index in [1.54, 1.807) is 0 Å². The molecule has 1 rings (SSSR count). The van der Waals surface area contributed by atoms with Gasteiger partial charge in [-0.3, -0.25) is 9.69 Å². The third-order valence-electron chi connectivity index (χ3n) is 2.79. The molecule has 0 aromatic rings. The van der Waals surface area contributed by atoms with Gasteiger partial charge < -0.3 is 14.9 Å². The van der Waals surface area contributed by atoms with Gasteiger partial charge in [-0.2, -0.15) is 0 Å². The Labute approximate surface area is 89.6 Å². The maximum Gasteiger partial charge on any atom is 0.308 e. The highest BCUT2D eigenvalue weighted by atomic mass is 16.5. The molecule has 0 radical (unpaired) electrons. The van der Waals surface area contributed by atoms with Gasteiger partial charge >= 0.3 is 5.97 Å². The smallest absolute Gasteiger partial charge is 0.308 e. The minimum Gasteiger partial charge on any atom is -0.481 e. The van der Waals surface area contributed by atoms with E-state index in [0.29, 0.717) is 19.8 Å². The number of hydrogen-bond acceptors (Lipinski definition) is 4. The number of rotatable bonds is 6. The third-order valence-corrected chi connectivity index (χ3v) is 2.79. The molecule has 0 spiro atoms. The fraction of sp³-hybridized carbons (Fsp3) is 0.900. The van der Waals surface area contributed by atoms with Gasteiger partial charge in [-0.15, -0.1) is 0 Å². The molecule has 1 heterocycles. The third kappa shape index (κ3) is 3.77. The molecule has 5 nitrogen and oxygen atoms in total. The maximum absolute atomic E-state index is 10.8. The van der Waals surface area contributed by atoms with Crippen LogP contribution in [-0.2, 0) is 9.53 Å². The summed E-state index contributed by atoms with van der Waals surface area (Å²) < 4.78 is 5.14. The summed E-state index contributed by atoms with van der Waals surface area (Å²) in [4.78, 5) is 12.9. The predicted molar refractivity (Wildman–Crippen MR) is 54.6 cm³/mol. The topological polar surface area (TPSA) is 70.0 Å². The molecule has 0 aromatic carbocycles. The first-order valence-electron chi connectivity index (χ1n) is 5.29. The Kier molecular flexibility index (Phi) is 5.01. The SMILES string of the molecule is C[C@@H]1CN(CCOCCO)C[C@H]1C(=O)O. The lowest BCUT2D eigenvalue weighted by Gasteiger charge is -2.14. The van der Waals surface area contributed by atoms with E-state index in [0.717, 1.165) is 13.1 Å². The summed E-state index contributed by atoms with van der Waals surface area (Å²) in [5, 5.41) is 17.4. The lowest BCUT2D eigenvalue weighted by Crippen LogP contribution is -2.27.